The molecule has 1 aromatic rings. The van der Waals surface area contributed by atoms with E-state index in [0.29, 0.717) is 12.3 Å². The van der Waals surface area contributed by atoms with Crippen LogP contribution >= 0.6 is 0 Å². The van der Waals surface area contributed by atoms with Gasteiger partial charge in [0.2, 0.25) is 5.91 Å². The van der Waals surface area contributed by atoms with E-state index in [9.17, 15) is 9.18 Å². The highest BCUT2D eigenvalue weighted by molar-refractivity contribution is 5.79. The highest BCUT2D eigenvalue weighted by Crippen LogP contribution is 2.38. The minimum absolute atomic E-state index is 0.0228. The van der Waals surface area contributed by atoms with Gasteiger partial charge in [-0.3, -0.25) is 4.79 Å². The van der Waals surface area contributed by atoms with E-state index in [2.05, 4.69) is 5.32 Å². The van der Waals surface area contributed by atoms with Gasteiger partial charge in [-0.1, -0.05) is 13.0 Å². The van der Waals surface area contributed by atoms with Crippen molar-refractivity contribution in [3.05, 3.63) is 30.1 Å². The molecule has 2 bridgehead atoms. The van der Waals surface area contributed by atoms with E-state index < -0.39 is 0 Å². The Hall–Kier alpha value is -1.62. The third-order valence-electron chi connectivity index (χ3n) is 4.50. The number of fused-ring (bicyclic) bond motifs is 2. The molecule has 22 heavy (non-hydrogen) atoms. The molecule has 1 amide bonds. The van der Waals surface area contributed by atoms with E-state index in [0.717, 1.165) is 25.7 Å². The number of amides is 1. The van der Waals surface area contributed by atoms with Crippen LogP contribution in [0.3, 0.4) is 0 Å². The van der Waals surface area contributed by atoms with Crippen LogP contribution in [0.1, 0.15) is 32.6 Å². The standard InChI is InChI=1S/C17H22FNO3/c1-2-12(21-13-5-3-4-11(18)8-13)10-19-17(20)15-9-14-6-7-16(15)22-14/h3-5,8,12,14-16H,2,6-7,9-10H2,1H3,(H,19,20)/t12-,14+,15+,16+/m1/s1. The summed E-state index contributed by atoms with van der Waals surface area (Å²) in [5, 5.41) is 2.96. The van der Waals surface area contributed by atoms with Crippen LogP contribution in [0.15, 0.2) is 24.3 Å². The number of hydrogen-bond acceptors (Lipinski definition) is 3. The number of hydrogen-bond donors (Lipinski definition) is 1. The fourth-order valence-corrected chi connectivity index (χ4v) is 3.26. The van der Waals surface area contributed by atoms with Gasteiger partial charge in [0.05, 0.1) is 24.7 Å². The molecule has 0 aliphatic carbocycles. The first-order valence-corrected chi connectivity index (χ1v) is 8.01. The topological polar surface area (TPSA) is 47.6 Å². The van der Waals surface area contributed by atoms with E-state index in [1.807, 2.05) is 6.92 Å². The van der Waals surface area contributed by atoms with Gasteiger partial charge in [0.15, 0.2) is 0 Å². The van der Waals surface area contributed by atoms with Gasteiger partial charge in [0.1, 0.15) is 17.7 Å². The molecule has 120 valence electrons. The molecular weight excluding hydrogens is 285 g/mol. The molecule has 0 spiro atoms. The van der Waals surface area contributed by atoms with Crippen LogP contribution in [0.4, 0.5) is 4.39 Å². The summed E-state index contributed by atoms with van der Waals surface area (Å²) in [4.78, 5) is 12.3. The summed E-state index contributed by atoms with van der Waals surface area (Å²) in [6.07, 6.45) is 3.84. The predicted octanol–water partition coefficient (Wildman–Crippen LogP) is 2.67. The van der Waals surface area contributed by atoms with Gasteiger partial charge >= 0.3 is 0 Å². The smallest absolute Gasteiger partial charge is 0.225 e. The first kappa shape index (κ1) is 15.3. The zero-order valence-electron chi connectivity index (χ0n) is 12.8. The second kappa shape index (κ2) is 6.65. The van der Waals surface area contributed by atoms with Crippen LogP contribution in [0, 0.1) is 11.7 Å². The summed E-state index contributed by atoms with van der Waals surface area (Å²) in [6, 6.07) is 6.07. The van der Waals surface area contributed by atoms with Gasteiger partial charge in [-0.05, 0) is 37.8 Å². The lowest BCUT2D eigenvalue weighted by Crippen LogP contribution is -2.41. The molecule has 2 heterocycles. The molecule has 0 unspecified atom stereocenters. The van der Waals surface area contributed by atoms with Gasteiger partial charge in [-0.15, -0.1) is 0 Å². The van der Waals surface area contributed by atoms with E-state index in [1.54, 1.807) is 12.1 Å². The molecule has 0 aromatic heterocycles. The van der Waals surface area contributed by atoms with Gasteiger partial charge in [-0.2, -0.15) is 0 Å². The Kier molecular flexibility index (Phi) is 4.62. The van der Waals surface area contributed by atoms with Crippen molar-refractivity contribution in [1.29, 1.82) is 0 Å². The average Bonchev–Trinajstić information content (AvgIpc) is 3.14. The lowest BCUT2D eigenvalue weighted by molar-refractivity contribution is -0.126. The lowest BCUT2D eigenvalue weighted by atomic mass is 9.88. The zero-order chi connectivity index (χ0) is 15.5. The Morgan fingerprint density at radius 1 is 1.50 bits per heavy atom. The van der Waals surface area contributed by atoms with Crippen molar-refractivity contribution in [2.75, 3.05) is 6.54 Å². The molecule has 2 aliphatic heterocycles. The number of nitrogens with one attached hydrogen (secondary N) is 1. The Bertz CT molecular complexity index is 536. The van der Waals surface area contributed by atoms with Crippen LogP contribution in [-0.2, 0) is 9.53 Å². The summed E-state index contributed by atoms with van der Waals surface area (Å²) < 4.78 is 24.6. The number of carbonyl (C=O) groups excluding carboxylic acids is 1. The Balaban J connectivity index is 1.49. The van der Waals surface area contributed by atoms with Crippen LogP contribution in [0.2, 0.25) is 0 Å². The monoisotopic (exact) mass is 307 g/mol. The van der Waals surface area contributed by atoms with Crippen LogP contribution in [0.25, 0.3) is 0 Å². The third kappa shape index (κ3) is 3.40. The Morgan fingerprint density at radius 2 is 2.36 bits per heavy atom. The van der Waals surface area contributed by atoms with Gasteiger partial charge < -0.3 is 14.8 Å². The number of benzene rings is 1. The zero-order valence-corrected chi connectivity index (χ0v) is 12.8. The number of halogens is 1. The molecule has 0 saturated carbocycles. The second-order valence-electron chi connectivity index (χ2n) is 6.07. The van der Waals surface area contributed by atoms with Crippen LogP contribution in [0.5, 0.6) is 5.75 Å². The van der Waals surface area contributed by atoms with Crippen molar-refractivity contribution in [2.45, 2.75) is 50.9 Å². The highest BCUT2D eigenvalue weighted by Gasteiger charge is 2.44. The maximum atomic E-state index is 13.2. The molecule has 4 atom stereocenters. The molecule has 0 radical (unpaired) electrons. The molecule has 2 aliphatic rings. The van der Waals surface area contributed by atoms with E-state index in [4.69, 9.17) is 9.47 Å². The highest BCUT2D eigenvalue weighted by atomic mass is 19.1. The van der Waals surface area contributed by atoms with Crippen LogP contribution < -0.4 is 10.1 Å². The maximum absolute atomic E-state index is 13.2. The van der Waals surface area contributed by atoms with E-state index in [1.165, 1.54) is 12.1 Å². The normalized spacial score (nSPS) is 27.6. The lowest BCUT2D eigenvalue weighted by Gasteiger charge is -2.21. The SMILES string of the molecule is CC[C@H](CNC(=O)[C@H]1C[C@@H]2CC[C@@H]1O2)Oc1cccc(F)c1. The molecular formula is C17H22FNO3. The molecule has 2 saturated heterocycles. The fraction of sp³-hybridized carbons (Fsp3) is 0.588. The van der Waals surface area contributed by atoms with Crippen molar-refractivity contribution in [2.24, 2.45) is 5.92 Å². The van der Waals surface area contributed by atoms with Crippen molar-refractivity contribution < 1.29 is 18.7 Å². The molecule has 3 rings (SSSR count). The van der Waals surface area contributed by atoms with Crippen molar-refractivity contribution in [3.63, 3.8) is 0 Å². The minimum Gasteiger partial charge on any atom is -0.489 e. The maximum Gasteiger partial charge on any atom is 0.225 e. The quantitative estimate of drug-likeness (QED) is 0.879. The van der Waals surface area contributed by atoms with Crippen molar-refractivity contribution >= 4 is 5.91 Å². The third-order valence-corrected chi connectivity index (χ3v) is 4.50. The van der Waals surface area contributed by atoms with E-state index in [-0.39, 0.29) is 36.0 Å². The first-order valence-electron chi connectivity index (χ1n) is 8.01. The molecule has 1 N–H and O–H groups in total. The Labute approximate surface area is 130 Å². The second-order valence-corrected chi connectivity index (χ2v) is 6.07. The van der Waals surface area contributed by atoms with Gasteiger partial charge in [0.25, 0.3) is 0 Å². The summed E-state index contributed by atoms with van der Waals surface area (Å²) >= 11 is 0. The summed E-state index contributed by atoms with van der Waals surface area (Å²) in [7, 11) is 0. The van der Waals surface area contributed by atoms with Crippen molar-refractivity contribution in [1.82, 2.24) is 5.32 Å². The van der Waals surface area contributed by atoms with Gasteiger partial charge in [0, 0.05) is 6.07 Å². The largest absolute Gasteiger partial charge is 0.489 e. The molecule has 4 nitrogen and oxygen atoms in total. The number of carbonyl (C=O) groups is 1. The average molecular weight is 307 g/mol. The molecule has 2 fully saturated rings. The molecule has 5 heteroatoms. The summed E-state index contributed by atoms with van der Waals surface area (Å²) in [5.74, 6) is 0.193. The fourth-order valence-electron chi connectivity index (χ4n) is 3.26. The van der Waals surface area contributed by atoms with Crippen LogP contribution in [-0.4, -0.2) is 30.8 Å². The predicted molar refractivity (Wildman–Crippen MR) is 80.1 cm³/mol. The van der Waals surface area contributed by atoms with Crippen molar-refractivity contribution in [3.8, 4) is 5.75 Å². The summed E-state index contributed by atoms with van der Waals surface area (Å²) in [5.41, 5.74) is 0. The number of rotatable bonds is 6. The molecule has 1 aromatic carbocycles. The van der Waals surface area contributed by atoms with E-state index >= 15 is 0 Å². The first-order chi connectivity index (χ1) is 10.7. The van der Waals surface area contributed by atoms with Gasteiger partial charge in [-0.25, -0.2) is 4.39 Å². The Morgan fingerprint density at radius 3 is 3.00 bits per heavy atom. The number of ether oxygens (including phenoxy) is 2. The minimum atomic E-state index is -0.324. The summed E-state index contributed by atoms with van der Waals surface area (Å²) in [6.45, 7) is 2.41.